The van der Waals surface area contributed by atoms with E-state index in [1.165, 1.54) is 16.7 Å². The third-order valence-corrected chi connectivity index (χ3v) is 5.22. The van der Waals surface area contributed by atoms with E-state index in [0.29, 0.717) is 11.5 Å². The first-order valence-electron chi connectivity index (χ1n) is 7.95. The van der Waals surface area contributed by atoms with Crippen molar-refractivity contribution >= 4 is 0 Å². The smallest absolute Gasteiger partial charge is 0.204 e. The number of aromatic hydroxyl groups is 1. The number of ether oxygens (including phenoxy) is 2. The molecule has 2 aromatic carbocycles. The van der Waals surface area contributed by atoms with Crippen molar-refractivity contribution in [1.29, 1.82) is 0 Å². The lowest BCUT2D eigenvalue weighted by molar-refractivity contribution is 0.223. The minimum absolute atomic E-state index is 0.237. The maximum atomic E-state index is 10.7. The SMILES string of the molecule is COc1c(O)c2c3c(c1OC)-c1ccccc1C[C@H]3N(C)CC2. The molecule has 0 unspecified atom stereocenters. The van der Waals surface area contributed by atoms with Gasteiger partial charge in [-0.05, 0) is 36.6 Å². The van der Waals surface area contributed by atoms with Crippen molar-refractivity contribution in [3.63, 3.8) is 0 Å². The number of hydrogen-bond acceptors (Lipinski definition) is 4. The van der Waals surface area contributed by atoms with Crippen LogP contribution in [0.2, 0.25) is 0 Å². The molecular formula is C19H21NO3. The van der Waals surface area contributed by atoms with Gasteiger partial charge in [0.1, 0.15) is 0 Å². The van der Waals surface area contributed by atoms with Gasteiger partial charge in [0, 0.05) is 23.7 Å². The second-order valence-corrected chi connectivity index (χ2v) is 6.29. The highest BCUT2D eigenvalue weighted by Crippen LogP contribution is 2.56. The predicted octanol–water partition coefficient (Wildman–Crippen LogP) is 3.16. The summed E-state index contributed by atoms with van der Waals surface area (Å²) in [4.78, 5) is 2.37. The Morgan fingerprint density at radius 1 is 1.13 bits per heavy atom. The molecule has 0 fully saturated rings. The van der Waals surface area contributed by atoms with Gasteiger partial charge < -0.3 is 14.6 Å². The van der Waals surface area contributed by atoms with Crippen LogP contribution >= 0.6 is 0 Å². The molecule has 1 aliphatic heterocycles. The first-order valence-corrected chi connectivity index (χ1v) is 7.95. The summed E-state index contributed by atoms with van der Waals surface area (Å²) in [5.74, 6) is 1.32. The molecule has 23 heavy (non-hydrogen) atoms. The number of benzene rings is 2. The Hall–Kier alpha value is -2.20. The summed E-state index contributed by atoms with van der Waals surface area (Å²) < 4.78 is 11.2. The van der Waals surface area contributed by atoms with E-state index >= 15 is 0 Å². The molecule has 1 atom stereocenters. The third-order valence-electron chi connectivity index (χ3n) is 5.22. The summed E-state index contributed by atoms with van der Waals surface area (Å²) in [5.41, 5.74) is 5.79. The van der Waals surface area contributed by atoms with Crippen molar-refractivity contribution in [3.8, 4) is 28.4 Å². The molecule has 2 aromatic rings. The van der Waals surface area contributed by atoms with Crippen LogP contribution in [0.25, 0.3) is 11.1 Å². The van der Waals surface area contributed by atoms with Crippen molar-refractivity contribution in [3.05, 3.63) is 41.0 Å². The van der Waals surface area contributed by atoms with E-state index in [9.17, 15) is 5.11 Å². The van der Waals surface area contributed by atoms with Crippen molar-refractivity contribution in [2.24, 2.45) is 0 Å². The van der Waals surface area contributed by atoms with Crippen molar-refractivity contribution in [2.75, 3.05) is 27.8 Å². The van der Waals surface area contributed by atoms with Crippen LogP contribution in [-0.2, 0) is 12.8 Å². The number of phenols is 1. The lowest BCUT2D eigenvalue weighted by atomic mass is 9.76. The molecule has 1 aliphatic carbocycles. The van der Waals surface area contributed by atoms with Gasteiger partial charge in [-0.1, -0.05) is 24.3 Å². The van der Waals surface area contributed by atoms with E-state index in [2.05, 4.69) is 36.2 Å². The molecular weight excluding hydrogens is 290 g/mol. The van der Waals surface area contributed by atoms with E-state index in [1.807, 2.05) is 0 Å². The van der Waals surface area contributed by atoms with Crippen LogP contribution in [0.4, 0.5) is 0 Å². The molecule has 120 valence electrons. The largest absolute Gasteiger partial charge is 0.504 e. The Morgan fingerprint density at radius 2 is 1.87 bits per heavy atom. The molecule has 4 nitrogen and oxygen atoms in total. The van der Waals surface area contributed by atoms with Gasteiger partial charge in [-0.15, -0.1) is 0 Å². The number of nitrogens with zero attached hydrogens (tertiary/aromatic N) is 1. The first-order chi connectivity index (χ1) is 11.2. The first kappa shape index (κ1) is 14.4. The average Bonchev–Trinajstić information content (AvgIpc) is 2.58. The molecule has 0 radical (unpaired) electrons. The summed E-state index contributed by atoms with van der Waals surface area (Å²) in [7, 11) is 5.37. The summed E-state index contributed by atoms with van der Waals surface area (Å²) in [6.07, 6.45) is 1.78. The zero-order valence-electron chi connectivity index (χ0n) is 13.7. The Bertz CT molecular complexity index is 785. The van der Waals surface area contributed by atoms with E-state index < -0.39 is 0 Å². The Balaban J connectivity index is 2.13. The summed E-state index contributed by atoms with van der Waals surface area (Å²) in [5, 5.41) is 10.7. The predicted molar refractivity (Wildman–Crippen MR) is 89.4 cm³/mol. The maximum absolute atomic E-state index is 10.7. The van der Waals surface area contributed by atoms with Gasteiger partial charge in [0.25, 0.3) is 0 Å². The van der Waals surface area contributed by atoms with Gasteiger partial charge in [-0.3, -0.25) is 4.90 Å². The molecule has 0 amide bonds. The van der Waals surface area contributed by atoms with Gasteiger partial charge in [0.15, 0.2) is 11.5 Å². The summed E-state index contributed by atoms with van der Waals surface area (Å²) in [6.45, 7) is 0.933. The number of fused-ring (bicyclic) bond motifs is 2. The van der Waals surface area contributed by atoms with Gasteiger partial charge in [0.05, 0.1) is 14.2 Å². The average molecular weight is 311 g/mol. The molecule has 4 heteroatoms. The monoisotopic (exact) mass is 311 g/mol. The third kappa shape index (κ3) is 1.88. The van der Waals surface area contributed by atoms with Gasteiger partial charge in [-0.25, -0.2) is 0 Å². The fraction of sp³-hybridized carbons (Fsp3) is 0.368. The normalized spacial score (nSPS) is 19.0. The van der Waals surface area contributed by atoms with Gasteiger partial charge in [0.2, 0.25) is 5.75 Å². The number of rotatable bonds is 2. The second-order valence-electron chi connectivity index (χ2n) is 6.29. The topological polar surface area (TPSA) is 41.9 Å². The molecule has 1 heterocycles. The molecule has 0 spiro atoms. The highest BCUT2D eigenvalue weighted by Gasteiger charge is 2.38. The van der Waals surface area contributed by atoms with E-state index in [-0.39, 0.29) is 11.8 Å². The number of phenolic OH excluding ortho intramolecular Hbond substituents is 1. The Kier molecular flexibility index (Phi) is 3.23. The van der Waals surface area contributed by atoms with E-state index in [4.69, 9.17) is 9.47 Å². The van der Waals surface area contributed by atoms with Crippen LogP contribution in [0.3, 0.4) is 0 Å². The second kappa shape index (κ2) is 5.17. The standard InChI is InChI=1S/C19H21NO3/c1-20-9-8-13-15-14(20)10-11-6-4-5-7-12(11)16(15)18(22-2)19(23-3)17(13)21/h4-7,14,21H,8-10H2,1-3H3/t14-/m1/s1. The number of likely N-dealkylation sites (N-methyl/N-ethyl adjacent to an activating group) is 1. The Labute approximate surface area is 136 Å². The fourth-order valence-corrected chi connectivity index (χ4v) is 4.10. The summed E-state index contributed by atoms with van der Waals surface area (Å²) in [6, 6.07) is 8.72. The molecule has 0 aromatic heterocycles. The van der Waals surface area contributed by atoms with Crippen LogP contribution in [0.15, 0.2) is 24.3 Å². The summed E-state index contributed by atoms with van der Waals surface area (Å²) >= 11 is 0. The highest BCUT2D eigenvalue weighted by molar-refractivity contribution is 5.85. The van der Waals surface area contributed by atoms with E-state index in [1.54, 1.807) is 14.2 Å². The van der Waals surface area contributed by atoms with Crippen LogP contribution in [0, 0.1) is 0 Å². The van der Waals surface area contributed by atoms with Crippen LogP contribution < -0.4 is 9.47 Å². The van der Waals surface area contributed by atoms with Crippen LogP contribution in [0.1, 0.15) is 22.7 Å². The van der Waals surface area contributed by atoms with Crippen molar-refractivity contribution in [2.45, 2.75) is 18.9 Å². The molecule has 2 aliphatic rings. The zero-order chi connectivity index (χ0) is 16.1. The highest BCUT2D eigenvalue weighted by atomic mass is 16.5. The number of hydrogen-bond donors (Lipinski definition) is 1. The van der Waals surface area contributed by atoms with E-state index in [0.717, 1.165) is 30.5 Å². The molecule has 1 N–H and O–H groups in total. The Morgan fingerprint density at radius 3 is 2.61 bits per heavy atom. The molecule has 0 saturated carbocycles. The van der Waals surface area contributed by atoms with Crippen LogP contribution in [-0.4, -0.2) is 37.8 Å². The van der Waals surface area contributed by atoms with Gasteiger partial charge in [-0.2, -0.15) is 0 Å². The van der Waals surface area contributed by atoms with Crippen LogP contribution in [0.5, 0.6) is 17.2 Å². The quantitative estimate of drug-likeness (QED) is 0.925. The molecule has 0 saturated heterocycles. The maximum Gasteiger partial charge on any atom is 0.204 e. The zero-order valence-corrected chi connectivity index (χ0v) is 13.7. The van der Waals surface area contributed by atoms with Crippen molar-refractivity contribution in [1.82, 2.24) is 4.90 Å². The fourth-order valence-electron chi connectivity index (χ4n) is 4.10. The van der Waals surface area contributed by atoms with Gasteiger partial charge >= 0.3 is 0 Å². The lowest BCUT2D eigenvalue weighted by Crippen LogP contribution is -2.35. The minimum Gasteiger partial charge on any atom is -0.504 e. The number of methoxy groups -OCH3 is 2. The minimum atomic E-state index is 0.237. The lowest BCUT2D eigenvalue weighted by Gasteiger charge is -2.40. The molecule has 4 rings (SSSR count). The molecule has 0 bridgehead atoms. The van der Waals surface area contributed by atoms with Crippen molar-refractivity contribution < 1.29 is 14.6 Å².